The molecule has 1 N–H and O–H groups in total. The summed E-state index contributed by atoms with van der Waals surface area (Å²) in [6.45, 7) is 2.18. The zero-order valence-electron chi connectivity index (χ0n) is 10.7. The van der Waals surface area contributed by atoms with Crippen molar-refractivity contribution in [3.05, 3.63) is 40.6 Å². The zero-order chi connectivity index (χ0) is 13.4. The van der Waals surface area contributed by atoms with Crippen LogP contribution in [0.25, 0.3) is 10.9 Å². The Hall–Kier alpha value is -2.17. The molecule has 2 atom stereocenters. The molecule has 98 valence electrons. The molecule has 1 fully saturated rings. The van der Waals surface area contributed by atoms with Gasteiger partial charge in [0.2, 0.25) is 0 Å². The van der Waals surface area contributed by atoms with Crippen molar-refractivity contribution in [2.24, 2.45) is 5.92 Å². The molecule has 2 aromatic rings. The standard InChI is InChI=1S/C14H15N3O2/c1-2-9-8-12(9)16-11-6-7-15-14-10(11)4-3-5-13(14)17(18)19/h3-7,9,12H,2,8H2,1H3,(H,15,16). The van der Waals surface area contributed by atoms with Crippen LogP contribution in [0.15, 0.2) is 30.5 Å². The Kier molecular flexibility index (Phi) is 2.81. The largest absolute Gasteiger partial charge is 0.381 e. The first kappa shape index (κ1) is 11.9. The minimum Gasteiger partial charge on any atom is -0.381 e. The van der Waals surface area contributed by atoms with E-state index in [1.54, 1.807) is 12.3 Å². The average molecular weight is 257 g/mol. The van der Waals surface area contributed by atoms with E-state index in [1.807, 2.05) is 12.1 Å². The number of benzene rings is 1. The van der Waals surface area contributed by atoms with Crippen LogP contribution in [0.5, 0.6) is 0 Å². The van der Waals surface area contributed by atoms with Crippen LogP contribution in [-0.2, 0) is 0 Å². The fraction of sp³-hybridized carbons (Fsp3) is 0.357. The van der Waals surface area contributed by atoms with Gasteiger partial charge < -0.3 is 5.32 Å². The van der Waals surface area contributed by atoms with E-state index in [0.29, 0.717) is 11.6 Å². The lowest BCUT2D eigenvalue weighted by Gasteiger charge is -2.08. The number of nitrogens with one attached hydrogen (secondary N) is 1. The maximum absolute atomic E-state index is 11.0. The number of pyridine rings is 1. The highest BCUT2D eigenvalue weighted by Gasteiger charge is 2.35. The quantitative estimate of drug-likeness (QED) is 0.673. The number of anilines is 1. The van der Waals surface area contributed by atoms with Gasteiger partial charge in [-0.2, -0.15) is 0 Å². The number of hydrogen-bond donors (Lipinski definition) is 1. The Bertz CT molecular complexity index is 642. The van der Waals surface area contributed by atoms with E-state index in [4.69, 9.17) is 0 Å². The maximum Gasteiger partial charge on any atom is 0.295 e. The van der Waals surface area contributed by atoms with Gasteiger partial charge in [-0.3, -0.25) is 10.1 Å². The van der Waals surface area contributed by atoms with Gasteiger partial charge in [-0.25, -0.2) is 4.98 Å². The second-order valence-corrected chi connectivity index (χ2v) is 4.94. The van der Waals surface area contributed by atoms with E-state index >= 15 is 0 Å². The average Bonchev–Trinajstić information content (AvgIpc) is 3.16. The Morgan fingerprint density at radius 1 is 1.47 bits per heavy atom. The minimum absolute atomic E-state index is 0.0592. The monoisotopic (exact) mass is 257 g/mol. The van der Waals surface area contributed by atoms with Crippen LogP contribution >= 0.6 is 0 Å². The molecule has 1 saturated carbocycles. The summed E-state index contributed by atoms with van der Waals surface area (Å²) >= 11 is 0. The summed E-state index contributed by atoms with van der Waals surface area (Å²) in [5, 5.41) is 15.3. The van der Waals surface area contributed by atoms with E-state index in [9.17, 15) is 10.1 Å². The van der Waals surface area contributed by atoms with E-state index in [-0.39, 0.29) is 10.6 Å². The Morgan fingerprint density at radius 2 is 2.32 bits per heavy atom. The van der Waals surface area contributed by atoms with Crippen molar-refractivity contribution in [3.8, 4) is 0 Å². The molecule has 0 spiro atoms. The van der Waals surface area contributed by atoms with Crippen LogP contribution in [0.4, 0.5) is 11.4 Å². The Labute approximate surface area is 110 Å². The van der Waals surface area contributed by atoms with Crippen LogP contribution < -0.4 is 5.32 Å². The summed E-state index contributed by atoms with van der Waals surface area (Å²) < 4.78 is 0. The molecule has 1 aliphatic carbocycles. The van der Waals surface area contributed by atoms with Gasteiger partial charge in [0.05, 0.1) is 4.92 Å². The maximum atomic E-state index is 11.0. The topological polar surface area (TPSA) is 68.1 Å². The molecule has 2 unspecified atom stereocenters. The van der Waals surface area contributed by atoms with Crippen molar-refractivity contribution in [3.63, 3.8) is 0 Å². The summed E-state index contributed by atoms with van der Waals surface area (Å²) in [4.78, 5) is 14.8. The van der Waals surface area contributed by atoms with Crippen LogP contribution in [0.3, 0.4) is 0 Å². The Morgan fingerprint density at radius 3 is 3.00 bits per heavy atom. The molecule has 1 aromatic carbocycles. The first-order valence-corrected chi connectivity index (χ1v) is 6.49. The highest BCUT2D eigenvalue weighted by molar-refractivity contribution is 5.96. The molecular formula is C14H15N3O2. The number of rotatable bonds is 4. The fourth-order valence-electron chi connectivity index (χ4n) is 2.51. The number of fused-ring (bicyclic) bond motifs is 1. The number of hydrogen-bond acceptors (Lipinski definition) is 4. The second kappa shape index (κ2) is 4.50. The van der Waals surface area contributed by atoms with Crippen molar-refractivity contribution in [2.45, 2.75) is 25.8 Å². The van der Waals surface area contributed by atoms with Gasteiger partial charge in [0.15, 0.2) is 0 Å². The normalized spacial score (nSPS) is 21.3. The molecule has 0 bridgehead atoms. The molecule has 0 amide bonds. The smallest absolute Gasteiger partial charge is 0.295 e. The molecular weight excluding hydrogens is 242 g/mol. The van der Waals surface area contributed by atoms with Gasteiger partial charge in [-0.15, -0.1) is 0 Å². The van der Waals surface area contributed by atoms with E-state index < -0.39 is 0 Å². The van der Waals surface area contributed by atoms with Crippen LogP contribution in [0.2, 0.25) is 0 Å². The molecule has 1 heterocycles. The van der Waals surface area contributed by atoms with E-state index in [2.05, 4.69) is 17.2 Å². The zero-order valence-corrected chi connectivity index (χ0v) is 10.7. The number of nitrogens with zero attached hydrogens (tertiary/aromatic N) is 2. The summed E-state index contributed by atoms with van der Waals surface area (Å²) in [7, 11) is 0. The molecule has 3 rings (SSSR count). The van der Waals surface area contributed by atoms with Crippen molar-refractivity contribution < 1.29 is 4.92 Å². The summed E-state index contributed by atoms with van der Waals surface area (Å²) in [6, 6.07) is 7.45. The number of nitro benzene ring substituents is 1. The third-order valence-corrected chi connectivity index (χ3v) is 3.73. The van der Waals surface area contributed by atoms with Crippen molar-refractivity contribution in [1.82, 2.24) is 4.98 Å². The Balaban J connectivity index is 2.01. The number of para-hydroxylation sites is 1. The summed E-state index contributed by atoms with van der Waals surface area (Å²) in [5.74, 6) is 0.724. The lowest BCUT2D eigenvalue weighted by atomic mass is 10.1. The van der Waals surface area contributed by atoms with E-state index in [0.717, 1.165) is 17.0 Å². The summed E-state index contributed by atoms with van der Waals surface area (Å²) in [5.41, 5.74) is 1.45. The van der Waals surface area contributed by atoms with Crippen molar-refractivity contribution >= 4 is 22.3 Å². The van der Waals surface area contributed by atoms with Crippen LogP contribution in [0.1, 0.15) is 19.8 Å². The number of nitro groups is 1. The predicted molar refractivity (Wildman–Crippen MR) is 74.2 cm³/mol. The van der Waals surface area contributed by atoms with Gasteiger partial charge in [-0.1, -0.05) is 25.5 Å². The third-order valence-electron chi connectivity index (χ3n) is 3.73. The van der Waals surface area contributed by atoms with Gasteiger partial charge in [0.25, 0.3) is 5.69 Å². The van der Waals surface area contributed by atoms with Crippen LogP contribution in [-0.4, -0.2) is 15.9 Å². The highest BCUT2D eigenvalue weighted by atomic mass is 16.6. The van der Waals surface area contributed by atoms with Gasteiger partial charge in [-0.05, 0) is 18.4 Å². The molecule has 0 aliphatic heterocycles. The van der Waals surface area contributed by atoms with Crippen LogP contribution in [0, 0.1) is 16.0 Å². The molecule has 0 saturated heterocycles. The van der Waals surface area contributed by atoms with Crippen molar-refractivity contribution in [1.29, 1.82) is 0 Å². The van der Waals surface area contributed by atoms with Crippen molar-refractivity contribution in [2.75, 3.05) is 5.32 Å². The van der Waals surface area contributed by atoms with Gasteiger partial charge in [0.1, 0.15) is 5.52 Å². The van der Waals surface area contributed by atoms with Gasteiger partial charge in [0, 0.05) is 29.4 Å². The minimum atomic E-state index is -0.384. The predicted octanol–water partition coefficient (Wildman–Crippen LogP) is 3.35. The first-order valence-electron chi connectivity index (χ1n) is 6.49. The van der Waals surface area contributed by atoms with E-state index in [1.165, 1.54) is 18.9 Å². The molecule has 1 aliphatic rings. The molecule has 0 radical (unpaired) electrons. The highest BCUT2D eigenvalue weighted by Crippen LogP contribution is 2.38. The SMILES string of the molecule is CCC1CC1Nc1ccnc2c([N+](=O)[O-])cccc12. The lowest BCUT2D eigenvalue weighted by Crippen LogP contribution is -2.05. The first-order chi connectivity index (χ1) is 9.20. The molecule has 5 heteroatoms. The molecule has 19 heavy (non-hydrogen) atoms. The van der Waals surface area contributed by atoms with Gasteiger partial charge >= 0.3 is 0 Å². The number of non-ortho nitro benzene ring substituents is 1. The fourth-order valence-corrected chi connectivity index (χ4v) is 2.51. The summed E-state index contributed by atoms with van der Waals surface area (Å²) in [6.07, 6.45) is 3.97. The lowest BCUT2D eigenvalue weighted by molar-refractivity contribution is -0.383. The molecule has 1 aromatic heterocycles. The third kappa shape index (κ3) is 2.12. The number of aromatic nitrogens is 1. The second-order valence-electron chi connectivity index (χ2n) is 4.94. The molecule has 5 nitrogen and oxygen atoms in total.